The minimum Gasteiger partial charge on any atom is -0.323 e. The fourth-order valence-corrected chi connectivity index (χ4v) is 2.08. The van der Waals surface area contributed by atoms with Gasteiger partial charge in [0.2, 0.25) is 0 Å². The molecule has 93 valence electrons. The van der Waals surface area contributed by atoms with Crippen LogP contribution in [0.2, 0.25) is 0 Å². The van der Waals surface area contributed by atoms with Crippen molar-refractivity contribution in [3.05, 3.63) is 0 Å². The zero-order chi connectivity index (χ0) is 11.6. The molecule has 0 aromatic carbocycles. The lowest BCUT2D eigenvalue weighted by Crippen LogP contribution is -2.33. The molecule has 0 aliphatic carbocycles. The SMILES string of the molecule is CCCCCCCC[N]C(=O)N1CCCC1. The molecule has 0 aromatic rings. The minimum absolute atomic E-state index is 0.0195. The lowest BCUT2D eigenvalue weighted by Gasteiger charge is -2.13. The van der Waals surface area contributed by atoms with Gasteiger partial charge in [-0.15, -0.1) is 0 Å². The second-order valence-corrected chi connectivity index (χ2v) is 4.63. The topological polar surface area (TPSA) is 34.4 Å². The first kappa shape index (κ1) is 13.3. The van der Waals surface area contributed by atoms with Crippen LogP contribution in [0.4, 0.5) is 4.79 Å². The first-order valence-electron chi connectivity index (χ1n) is 6.81. The van der Waals surface area contributed by atoms with Crippen LogP contribution in [0.3, 0.4) is 0 Å². The van der Waals surface area contributed by atoms with E-state index in [-0.39, 0.29) is 6.03 Å². The molecule has 1 heterocycles. The minimum atomic E-state index is 0.0195. The van der Waals surface area contributed by atoms with Gasteiger partial charge in [-0.2, -0.15) is 0 Å². The van der Waals surface area contributed by atoms with Crippen LogP contribution >= 0.6 is 0 Å². The number of rotatable bonds is 7. The molecule has 0 spiro atoms. The Balaban J connectivity index is 1.88. The molecule has 16 heavy (non-hydrogen) atoms. The molecule has 3 nitrogen and oxygen atoms in total. The molecule has 1 rings (SSSR count). The smallest absolute Gasteiger partial charge is 0.323 e. The zero-order valence-electron chi connectivity index (χ0n) is 10.6. The summed E-state index contributed by atoms with van der Waals surface area (Å²) in [5.41, 5.74) is 0. The second-order valence-electron chi connectivity index (χ2n) is 4.63. The predicted octanol–water partition coefficient (Wildman–Crippen LogP) is 3.17. The Hall–Kier alpha value is -0.730. The van der Waals surface area contributed by atoms with E-state index in [2.05, 4.69) is 12.2 Å². The first-order valence-corrected chi connectivity index (χ1v) is 6.81. The van der Waals surface area contributed by atoms with Crippen LogP contribution in [-0.2, 0) is 0 Å². The third kappa shape index (κ3) is 5.38. The van der Waals surface area contributed by atoms with Gasteiger partial charge in [-0.1, -0.05) is 39.0 Å². The number of hydrogen-bond donors (Lipinski definition) is 0. The highest BCUT2D eigenvalue weighted by Crippen LogP contribution is 2.08. The summed E-state index contributed by atoms with van der Waals surface area (Å²) in [5, 5.41) is 4.11. The Kier molecular flexibility index (Phi) is 7.02. The number of urea groups is 1. The fraction of sp³-hybridized carbons (Fsp3) is 0.923. The number of nitrogens with zero attached hydrogens (tertiary/aromatic N) is 2. The molecule has 0 bridgehead atoms. The van der Waals surface area contributed by atoms with Crippen molar-refractivity contribution in [1.29, 1.82) is 0 Å². The molecule has 1 saturated heterocycles. The number of unbranched alkanes of at least 4 members (excludes halogenated alkanes) is 5. The lowest BCUT2D eigenvalue weighted by atomic mass is 10.1. The quantitative estimate of drug-likeness (QED) is 0.613. The zero-order valence-corrected chi connectivity index (χ0v) is 10.6. The Morgan fingerprint density at radius 2 is 1.69 bits per heavy atom. The molecule has 2 amide bonds. The average Bonchev–Trinajstić information content (AvgIpc) is 2.81. The first-order chi connectivity index (χ1) is 7.84. The van der Waals surface area contributed by atoms with E-state index in [4.69, 9.17) is 0 Å². The van der Waals surface area contributed by atoms with Gasteiger partial charge in [-0.05, 0) is 19.3 Å². The van der Waals surface area contributed by atoms with Crippen molar-refractivity contribution >= 4 is 6.03 Å². The van der Waals surface area contributed by atoms with Crippen LogP contribution < -0.4 is 5.32 Å². The molecule has 1 aliphatic heterocycles. The molecule has 0 N–H and O–H groups in total. The molecule has 1 aliphatic rings. The number of carbonyl (C=O) groups excluding carboxylic acids is 1. The van der Waals surface area contributed by atoms with Gasteiger partial charge in [0.1, 0.15) is 0 Å². The summed E-state index contributed by atoms with van der Waals surface area (Å²) >= 11 is 0. The van der Waals surface area contributed by atoms with Gasteiger partial charge in [-0.3, -0.25) is 0 Å². The van der Waals surface area contributed by atoms with Crippen LogP contribution in [0.25, 0.3) is 0 Å². The Labute approximate surface area is 99.6 Å². The van der Waals surface area contributed by atoms with Crippen molar-refractivity contribution < 1.29 is 4.79 Å². The predicted molar refractivity (Wildman–Crippen MR) is 66.6 cm³/mol. The molecule has 1 fully saturated rings. The molecule has 0 saturated carbocycles. The average molecular weight is 225 g/mol. The summed E-state index contributed by atoms with van der Waals surface area (Å²) in [5.74, 6) is 0. The lowest BCUT2D eigenvalue weighted by molar-refractivity contribution is 0.207. The van der Waals surface area contributed by atoms with Crippen molar-refractivity contribution in [2.45, 2.75) is 58.3 Å². The summed E-state index contributed by atoms with van der Waals surface area (Å²) in [6.45, 7) is 4.78. The van der Waals surface area contributed by atoms with Gasteiger partial charge in [-0.25, -0.2) is 10.1 Å². The van der Waals surface area contributed by atoms with E-state index in [9.17, 15) is 4.79 Å². The normalized spacial score (nSPS) is 15.4. The van der Waals surface area contributed by atoms with E-state index in [0.717, 1.165) is 38.9 Å². The van der Waals surface area contributed by atoms with Gasteiger partial charge >= 0.3 is 6.03 Å². The maximum absolute atomic E-state index is 11.5. The number of hydrogen-bond acceptors (Lipinski definition) is 1. The number of carbonyl (C=O) groups is 1. The van der Waals surface area contributed by atoms with Gasteiger partial charge < -0.3 is 4.90 Å². The van der Waals surface area contributed by atoms with E-state index in [1.165, 1.54) is 32.1 Å². The van der Waals surface area contributed by atoms with E-state index in [1.54, 1.807) is 0 Å². The van der Waals surface area contributed by atoms with Crippen molar-refractivity contribution in [2.24, 2.45) is 0 Å². The number of likely N-dealkylation sites (tertiary alicyclic amines) is 1. The van der Waals surface area contributed by atoms with Gasteiger partial charge in [0, 0.05) is 19.6 Å². The van der Waals surface area contributed by atoms with Crippen LogP contribution in [0.15, 0.2) is 0 Å². The fourth-order valence-electron chi connectivity index (χ4n) is 2.08. The monoisotopic (exact) mass is 225 g/mol. The summed E-state index contributed by atoms with van der Waals surface area (Å²) in [6.07, 6.45) is 9.84. The Bertz CT molecular complexity index is 188. The van der Waals surface area contributed by atoms with Crippen molar-refractivity contribution in [3.63, 3.8) is 0 Å². The van der Waals surface area contributed by atoms with Crippen molar-refractivity contribution in [1.82, 2.24) is 10.2 Å². The third-order valence-electron chi connectivity index (χ3n) is 3.14. The van der Waals surface area contributed by atoms with E-state index in [1.807, 2.05) is 4.90 Å². The summed E-state index contributed by atoms with van der Waals surface area (Å²) in [4.78, 5) is 13.4. The molecule has 0 aromatic heterocycles. The highest BCUT2D eigenvalue weighted by Gasteiger charge is 2.17. The van der Waals surface area contributed by atoms with Gasteiger partial charge in [0.25, 0.3) is 0 Å². The third-order valence-corrected chi connectivity index (χ3v) is 3.14. The molecule has 1 radical (unpaired) electrons. The van der Waals surface area contributed by atoms with Gasteiger partial charge in [0.05, 0.1) is 0 Å². The highest BCUT2D eigenvalue weighted by atomic mass is 16.2. The largest absolute Gasteiger partial charge is 0.338 e. The second kappa shape index (κ2) is 8.43. The standard InChI is InChI=1S/C13H25N2O/c1-2-3-4-5-6-7-10-14-13(16)15-11-8-9-12-15/h2-12H2,1H3. The highest BCUT2D eigenvalue weighted by molar-refractivity contribution is 5.74. The molecular weight excluding hydrogens is 200 g/mol. The summed E-state index contributed by atoms with van der Waals surface area (Å²) in [6, 6.07) is 0.0195. The molecular formula is C13H25N2O. The number of amides is 2. The van der Waals surface area contributed by atoms with Crippen molar-refractivity contribution in [2.75, 3.05) is 19.6 Å². The maximum atomic E-state index is 11.5. The van der Waals surface area contributed by atoms with E-state index >= 15 is 0 Å². The van der Waals surface area contributed by atoms with E-state index in [0.29, 0.717) is 0 Å². The summed E-state index contributed by atoms with van der Waals surface area (Å²) in [7, 11) is 0. The summed E-state index contributed by atoms with van der Waals surface area (Å²) < 4.78 is 0. The molecule has 3 heteroatoms. The molecule has 0 unspecified atom stereocenters. The van der Waals surface area contributed by atoms with Crippen LogP contribution in [0, 0.1) is 0 Å². The van der Waals surface area contributed by atoms with E-state index < -0.39 is 0 Å². The molecule has 0 atom stereocenters. The Morgan fingerprint density at radius 1 is 1.06 bits per heavy atom. The van der Waals surface area contributed by atoms with Gasteiger partial charge in [0.15, 0.2) is 0 Å². The maximum Gasteiger partial charge on any atom is 0.338 e. The van der Waals surface area contributed by atoms with Crippen LogP contribution in [0.5, 0.6) is 0 Å². The van der Waals surface area contributed by atoms with Crippen LogP contribution in [-0.4, -0.2) is 30.6 Å². The Morgan fingerprint density at radius 3 is 2.38 bits per heavy atom. The van der Waals surface area contributed by atoms with Crippen LogP contribution in [0.1, 0.15) is 58.3 Å². The van der Waals surface area contributed by atoms with Crippen molar-refractivity contribution in [3.8, 4) is 0 Å².